The van der Waals surface area contributed by atoms with Crippen LogP contribution in [0.15, 0.2) is 6.07 Å². The minimum Gasteiger partial charge on any atom is -0.370 e. The normalized spacial score (nSPS) is 15.9. The van der Waals surface area contributed by atoms with Gasteiger partial charge in [-0.2, -0.15) is 9.97 Å². The smallest absolute Gasteiger partial charge is 0.223 e. The van der Waals surface area contributed by atoms with E-state index in [4.69, 9.17) is 5.73 Å². The molecule has 0 atom stereocenters. The van der Waals surface area contributed by atoms with Crippen LogP contribution in [-0.4, -0.2) is 53.5 Å². The van der Waals surface area contributed by atoms with Crippen molar-refractivity contribution in [3.63, 3.8) is 0 Å². The molecule has 2 rings (SSSR count). The first-order valence-corrected chi connectivity index (χ1v) is 6.99. The van der Waals surface area contributed by atoms with Crippen molar-refractivity contribution < 1.29 is 4.79 Å². The third kappa shape index (κ3) is 3.49. The zero-order chi connectivity index (χ0) is 14.5. The molecule has 7 nitrogen and oxygen atoms in total. The average Bonchev–Trinajstić information content (AvgIpc) is 2.64. The third-order valence-corrected chi connectivity index (χ3v) is 3.35. The van der Waals surface area contributed by atoms with E-state index in [1.165, 1.54) is 0 Å². The Morgan fingerprint density at radius 3 is 2.85 bits per heavy atom. The van der Waals surface area contributed by atoms with Crippen LogP contribution in [0.25, 0.3) is 0 Å². The van der Waals surface area contributed by atoms with E-state index >= 15 is 0 Å². The Bertz CT molecular complexity index is 478. The lowest BCUT2D eigenvalue weighted by molar-refractivity contribution is -0.128. The number of anilines is 3. The van der Waals surface area contributed by atoms with Crippen LogP contribution in [0.2, 0.25) is 0 Å². The van der Waals surface area contributed by atoms with E-state index in [9.17, 15) is 4.79 Å². The molecule has 2 heterocycles. The largest absolute Gasteiger partial charge is 0.370 e. The molecular weight excluding hydrogens is 256 g/mol. The lowest BCUT2D eigenvalue weighted by Crippen LogP contribution is -2.34. The van der Waals surface area contributed by atoms with E-state index in [1.807, 2.05) is 17.9 Å². The number of nitrogens with zero attached hydrogens (tertiary/aromatic N) is 4. The zero-order valence-corrected chi connectivity index (χ0v) is 12.1. The van der Waals surface area contributed by atoms with Crippen LogP contribution in [-0.2, 0) is 4.79 Å². The van der Waals surface area contributed by atoms with Gasteiger partial charge in [-0.25, -0.2) is 0 Å². The fourth-order valence-corrected chi connectivity index (χ4v) is 2.35. The van der Waals surface area contributed by atoms with Gasteiger partial charge in [-0.1, -0.05) is 0 Å². The Morgan fingerprint density at radius 1 is 1.35 bits per heavy atom. The molecule has 1 saturated heterocycles. The number of nitrogens with two attached hydrogens (primary N) is 1. The number of nitrogen functional groups attached to an aromatic ring is 1. The molecule has 1 aliphatic rings. The van der Waals surface area contributed by atoms with Crippen LogP contribution in [0, 0.1) is 0 Å². The maximum absolute atomic E-state index is 11.4. The molecule has 0 spiro atoms. The SMILES string of the molecule is CCNc1cc(N2CCCN(C(C)=O)CC2)nc(N)n1. The first-order valence-electron chi connectivity index (χ1n) is 6.99. The van der Waals surface area contributed by atoms with Crippen molar-refractivity contribution in [2.24, 2.45) is 0 Å². The van der Waals surface area contributed by atoms with Gasteiger partial charge in [-0.05, 0) is 13.3 Å². The summed E-state index contributed by atoms with van der Waals surface area (Å²) in [7, 11) is 0. The average molecular weight is 278 g/mol. The van der Waals surface area contributed by atoms with Crippen molar-refractivity contribution in [3.8, 4) is 0 Å². The van der Waals surface area contributed by atoms with E-state index in [0.29, 0.717) is 0 Å². The molecule has 1 fully saturated rings. The van der Waals surface area contributed by atoms with E-state index in [2.05, 4.69) is 20.2 Å². The highest BCUT2D eigenvalue weighted by molar-refractivity contribution is 5.73. The van der Waals surface area contributed by atoms with Crippen molar-refractivity contribution in [3.05, 3.63) is 6.07 Å². The lowest BCUT2D eigenvalue weighted by atomic mass is 10.3. The molecular formula is C13H22N6O. The van der Waals surface area contributed by atoms with Crippen molar-refractivity contribution in [1.82, 2.24) is 14.9 Å². The minimum absolute atomic E-state index is 0.127. The van der Waals surface area contributed by atoms with Crippen molar-refractivity contribution >= 4 is 23.5 Å². The van der Waals surface area contributed by atoms with Crippen molar-refractivity contribution in [2.45, 2.75) is 20.3 Å². The number of rotatable bonds is 3. The van der Waals surface area contributed by atoms with Gasteiger partial charge >= 0.3 is 0 Å². The molecule has 0 aromatic carbocycles. The standard InChI is InChI=1S/C13H22N6O/c1-3-15-11-9-12(17-13(14)16-11)19-6-4-5-18(7-8-19)10(2)20/h9H,3-8H2,1-2H3,(H3,14,15,16,17). The summed E-state index contributed by atoms with van der Waals surface area (Å²) in [6, 6.07) is 1.91. The van der Waals surface area contributed by atoms with Gasteiger partial charge in [0.25, 0.3) is 0 Å². The second-order valence-electron chi connectivity index (χ2n) is 4.85. The number of carbonyl (C=O) groups excluding carboxylic acids is 1. The summed E-state index contributed by atoms with van der Waals surface area (Å²) >= 11 is 0. The van der Waals surface area contributed by atoms with Crippen LogP contribution in [0.3, 0.4) is 0 Å². The first-order chi connectivity index (χ1) is 9.60. The molecule has 1 aliphatic heterocycles. The second kappa shape index (κ2) is 6.40. The summed E-state index contributed by atoms with van der Waals surface area (Å²) in [4.78, 5) is 23.9. The highest BCUT2D eigenvalue weighted by atomic mass is 16.2. The summed E-state index contributed by atoms with van der Waals surface area (Å²) < 4.78 is 0. The molecule has 110 valence electrons. The summed E-state index contributed by atoms with van der Waals surface area (Å²) in [5.74, 6) is 1.95. The maximum atomic E-state index is 11.4. The highest BCUT2D eigenvalue weighted by Gasteiger charge is 2.18. The van der Waals surface area contributed by atoms with E-state index in [0.717, 1.165) is 50.8 Å². The van der Waals surface area contributed by atoms with E-state index in [1.54, 1.807) is 6.92 Å². The Balaban J connectivity index is 2.12. The second-order valence-corrected chi connectivity index (χ2v) is 4.85. The molecule has 1 amide bonds. The minimum atomic E-state index is 0.127. The monoisotopic (exact) mass is 278 g/mol. The number of amides is 1. The number of aromatic nitrogens is 2. The molecule has 7 heteroatoms. The first kappa shape index (κ1) is 14.4. The van der Waals surface area contributed by atoms with Crippen LogP contribution < -0.4 is 16.0 Å². The summed E-state index contributed by atoms with van der Waals surface area (Å²) in [5, 5.41) is 3.15. The predicted octanol–water partition coefficient (Wildman–Crippen LogP) is 0.549. The summed E-state index contributed by atoms with van der Waals surface area (Å²) in [6.07, 6.45) is 0.931. The van der Waals surface area contributed by atoms with Gasteiger partial charge in [0.15, 0.2) is 0 Å². The molecule has 20 heavy (non-hydrogen) atoms. The molecule has 1 aromatic heterocycles. The number of hydrogen-bond acceptors (Lipinski definition) is 6. The topological polar surface area (TPSA) is 87.4 Å². The van der Waals surface area contributed by atoms with Gasteiger partial charge in [-0.3, -0.25) is 4.79 Å². The molecule has 0 aliphatic carbocycles. The van der Waals surface area contributed by atoms with Gasteiger partial charge in [0, 0.05) is 45.7 Å². The van der Waals surface area contributed by atoms with Gasteiger partial charge in [0.05, 0.1) is 0 Å². The number of nitrogens with one attached hydrogen (secondary N) is 1. The molecule has 1 aromatic rings. The Kier molecular flexibility index (Phi) is 4.60. The highest BCUT2D eigenvalue weighted by Crippen LogP contribution is 2.18. The van der Waals surface area contributed by atoms with Crippen molar-refractivity contribution in [1.29, 1.82) is 0 Å². The molecule has 0 radical (unpaired) electrons. The number of hydrogen-bond donors (Lipinski definition) is 2. The van der Waals surface area contributed by atoms with Gasteiger partial charge in [-0.15, -0.1) is 0 Å². The fourth-order valence-electron chi connectivity index (χ4n) is 2.35. The van der Waals surface area contributed by atoms with Crippen LogP contribution >= 0.6 is 0 Å². The molecule has 0 unspecified atom stereocenters. The summed E-state index contributed by atoms with van der Waals surface area (Å²) in [6.45, 7) is 7.56. The van der Waals surface area contributed by atoms with Crippen LogP contribution in [0.1, 0.15) is 20.3 Å². The fraction of sp³-hybridized carbons (Fsp3) is 0.615. The Labute approximate surface area is 119 Å². The quantitative estimate of drug-likeness (QED) is 0.839. The van der Waals surface area contributed by atoms with Gasteiger partial charge in [0.1, 0.15) is 11.6 Å². The zero-order valence-electron chi connectivity index (χ0n) is 12.1. The molecule has 3 N–H and O–H groups in total. The van der Waals surface area contributed by atoms with E-state index < -0.39 is 0 Å². The van der Waals surface area contributed by atoms with Crippen LogP contribution in [0.5, 0.6) is 0 Å². The van der Waals surface area contributed by atoms with Gasteiger partial charge < -0.3 is 20.9 Å². The molecule has 0 bridgehead atoms. The molecule has 0 saturated carbocycles. The van der Waals surface area contributed by atoms with Crippen molar-refractivity contribution in [2.75, 3.05) is 48.7 Å². The number of carbonyl (C=O) groups is 1. The summed E-state index contributed by atoms with van der Waals surface area (Å²) in [5.41, 5.74) is 5.76. The van der Waals surface area contributed by atoms with E-state index in [-0.39, 0.29) is 11.9 Å². The Morgan fingerprint density at radius 2 is 2.15 bits per heavy atom. The van der Waals surface area contributed by atoms with Crippen LogP contribution in [0.4, 0.5) is 17.6 Å². The maximum Gasteiger partial charge on any atom is 0.223 e. The predicted molar refractivity (Wildman–Crippen MR) is 79.7 cm³/mol. The van der Waals surface area contributed by atoms with Gasteiger partial charge in [0.2, 0.25) is 11.9 Å². The Hall–Kier alpha value is -2.05. The third-order valence-electron chi connectivity index (χ3n) is 3.35. The lowest BCUT2D eigenvalue weighted by Gasteiger charge is -2.22.